The molecule has 0 aromatic carbocycles. The number of carbonyl (C=O) groups is 1. The lowest BCUT2D eigenvalue weighted by Crippen LogP contribution is -2.46. The molecule has 1 aliphatic heterocycles. The lowest BCUT2D eigenvalue weighted by Gasteiger charge is -2.30. The number of nitrogens with zero attached hydrogens (tertiary/aromatic N) is 1. The van der Waals surface area contributed by atoms with E-state index >= 15 is 0 Å². The fourth-order valence-corrected chi connectivity index (χ4v) is 3.50. The fraction of sp³-hybridized carbons (Fsp3) is 0.923. The molecule has 0 aliphatic carbocycles. The van der Waals surface area contributed by atoms with Crippen LogP contribution in [-0.4, -0.2) is 44.0 Å². The molecule has 1 fully saturated rings. The van der Waals surface area contributed by atoms with Gasteiger partial charge in [0.1, 0.15) is 0 Å². The maximum absolute atomic E-state index is 12.0. The first-order chi connectivity index (χ1) is 9.01. The molecule has 0 radical (unpaired) electrons. The average Bonchev–Trinajstić information content (AvgIpc) is 2.43. The second-order valence-corrected chi connectivity index (χ2v) is 7.35. The Hall–Kier alpha value is -0.620. The summed E-state index contributed by atoms with van der Waals surface area (Å²) in [5.74, 6) is -0.0681. The first kappa shape index (κ1) is 16.4. The van der Waals surface area contributed by atoms with Gasteiger partial charge in [0, 0.05) is 19.6 Å². The van der Waals surface area contributed by atoms with E-state index in [0.29, 0.717) is 19.6 Å². The van der Waals surface area contributed by atoms with Gasteiger partial charge in [0.2, 0.25) is 15.9 Å². The Morgan fingerprint density at radius 3 is 2.68 bits per heavy atom. The van der Waals surface area contributed by atoms with Crippen LogP contribution in [-0.2, 0) is 14.8 Å². The van der Waals surface area contributed by atoms with Gasteiger partial charge in [0.25, 0.3) is 0 Å². The van der Waals surface area contributed by atoms with Crippen LogP contribution in [0, 0.1) is 5.92 Å². The van der Waals surface area contributed by atoms with E-state index in [1.807, 2.05) is 0 Å². The highest BCUT2D eigenvalue weighted by Gasteiger charge is 2.31. The van der Waals surface area contributed by atoms with Crippen molar-refractivity contribution in [2.24, 2.45) is 5.92 Å². The van der Waals surface area contributed by atoms with E-state index in [1.165, 1.54) is 4.31 Å². The van der Waals surface area contributed by atoms with Gasteiger partial charge in [-0.25, -0.2) is 12.7 Å². The molecular formula is C13H26N2O3S. The molecule has 0 aromatic rings. The summed E-state index contributed by atoms with van der Waals surface area (Å²) >= 11 is 0. The number of piperidine rings is 1. The van der Waals surface area contributed by atoms with Crippen molar-refractivity contribution in [3.63, 3.8) is 0 Å². The Morgan fingerprint density at radius 2 is 2.05 bits per heavy atom. The van der Waals surface area contributed by atoms with Crippen LogP contribution in [0.3, 0.4) is 0 Å². The smallest absolute Gasteiger partial charge is 0.224 e. The Morgan fingerprint density at radius 1 is 1.32 bits per heavy atom. The summed E-state index contributed by atoms with van der Waals surface area (Å²) in [6, 6.07) is 0. The Balaban J connectivity index is 2.44. The van der Waals surface area contributed by atoms with Gasteiger partial charge in [-0.15, -0.1) is 0 Å². The Labute approximate surface area is 116 Å². The maximum atomic E-state index is 12.0. The first-order valence-corrected chi connectivity index (χ1v) is 8.87. The number of nitrogens with one attached hydrogen (secondary N) is 1. The fourth-order valence-electron chi connectivity index (χ4n) is 2.32. The van der Waals surface area contributed by atoms with Crippen LogP contribution in [0.1, 0.15) is 46.0 Å². The van der Waals surface area contributed by atoms with Gasteiger partial charge >= 0.3 is 0 Å². The normalized spacial score (nSPS) is 21.3. The second kappa shape index (κ2) is 7.85. The van der Waals surface area contributed by atoms with Crippen molar-refractivity contribution < 1.29 is 13.2 Å². The predicted molar refractivity (Wildman–Crippen MR) is 76.3 cm³/mol. The molecule has 0 saturated carbocycles. The van der Waals surface area contributed by atoms with Gasteiger partial charge in [0.05, 0.1) is 11.7 Å². The number of rotatable bonds is 7. The minimum atomic E-state index is -3.16. The van der Waals surface area contributed by atoms with E-state index in [9.17, 15) is 13.2 Å². The molecule has 0 spiro atoms. The zero-order chi connectivity index (χ0) is 14.3. The van der Waals surface area contributed by atoms with E-state index in [-0.39, 0.29) is 17.6 Å². The quantitative estimate of drug-likeness (QED) is 0.720. The number of hydrogen-bond donors (Lipinski definition) is 1. The predicted octanol–water partition coefficient (Wildman–Crippen LogP) is 1.35. The van der Waals surface area contributed by atoms with E-state index in [4.69, 9.17) is 0 Å². The zero-order valence-corrected chi connectivity index (χ0v) is 12.8. The van der Waals surface area contributed by atoms with Gasteiger partial charge in [-0.1, -0.05) is 19.8 Å². The van der Waals surface area contributed by atoms with E-state index < -0.39 is 10.0 Å². The van der Waals surface area contributed by atoms with E-state index in [2.05, 4.69) is 12.2 Å². The van der Waals surface area contributed by atoms with Crippen molar-refractivity contribution in [1.29, 1.82) is 0 Å². The number of sulfonamides is 1. The summed E-state index contributed by atoms with van der Waals surface area (Å²) in [4.78, 5) is 12.0. The Kier molecular flexibility index (Phi) is 6.79. The minimum Gasteiger partial charge on any atom is -0.356 e. The summed E-state index contributed by atoms with van der Waals surface area (Å²) in [5, 5.41) is 2.92. The Bertz CT molecular complexity index is 381. The van der Waals surface area contributed by atoms with Crippen LogP contribution in [0.15, 0.2) is 0 Å². The molecule has 0 aromatic heterocycles. The van der Waals surface area contributed by atoms with Gasteiger partial charge in [-0.05, 0) is 26.2 Å². The van der Waals surface area contributed by atoms with Crippen LogP contribution in [0.25, 0.3) is 0 Å². The van der Waals surface area contributed by atoms with Crippen LogP contribution >= 0.6 is 0 Å². The molecule has 5 nitrogen and oxygen atoms in total. The summed E-state index contributed by atoms with van der Waals surface area (Å²) in [7, 11) is -3.16. The van der Waals surface area contributed by atoms with Crippen molar-refractivity contribution >= 4 is 15.9 Å². The maximum Gasteiger partial charge on any atom is 0.224 e. The van der Waals surface area contributed by atoms with Crippen LogP contribution in [0.2, 0.25) is 0 Å². The standard InChI is InChI=1S/C13H26N2O3S/c1-3-5-6-9-14-13(16)12-8-7-10-15(11-12)19(17,18)4-2/h12H,3-11H2,1-2H3,(H,14,16)/t12-/m0/s1. The van der Waals surface area contributed by atoms with Crippen LogP contribution in [0.5, 0.6) is 0 Å². The molecule has 1 N–H and O–H groups in total. The molecule has 112 valence electrons. The highest BCUT2D eigenvalue weighted by atomic mass is 32.2. The SMILES string of the molecule is CCCCCNC(=O)[C@H]1CCCN(S(=O)(=O)CC)C1. The molecular weight excluding hydrogens is 264 g/mol. The van der Waals surface area contributed by atoms with Crippen molar-refractivity contribution in [3.05, 3.63) is 0 Å². The zero-order valence-electron chi connectivity index (χ0n) is 12.0. The first-order valence-electron chi connectivity index (χ1n) is 7.26. The lowest BCUT2D eigenvalue weighted by molar-refractivity contribution is -0.126. The molecule has 0 bridgehead atoms. The summed E-state index contributed by atoms with van der Waals surface area (Å²) in [6.45, 7) is 5.36. The molecule has 1 saturated heterocycles. The van der Waals surface area contributed by atoms with Gasteiger partial charge in [0.15, 0.2) is 0 Å². The second-order valence-electron chi connectivity index (χ2n) is 5.10. The third-order valence-corrected chi connectivity index (χ3v) is 5.44. The summed E-state index contributed by atoms with van der Waals surface area (Å²) in [6.07, 6.45) is 4.79. The van der Waals surface area contributed by atoms with Crippen molar-refractivity contribution in [3.8, 4) is 0 Å². The molecule has 6 heteroatoms. The summed E-state index contributed by atoms with van der Waals surface area (Å²) < 4.78 is 25.1. The van der Waals surface area contributed by atoms with E-state index in [0.717, 1.165) is 32.1 Å². The van der Waals surface area contributed by atoms with Crippen LogP contribution in [0.4, 0.5) is 0 Å². The van der Waals surface area contributed by atoms with Crippen LogP contribution < -0.4 is 5.32 Å². The van der Waals surface area contributed by atoms with Gasteiger partial charge in [-0.2, -0.15) is 0 Å². The number of carbonyl (C=O) groups excluding carboxylic acids is 1. The highest BCUT2D eigenvalue weighted by molar-refractivity contribution is 7.89. The van der Waals surface area contributed by atoms with Crippen molar-refractivity contribution in [1.82, 2.24) is 9.62 Å². The number of unbranched alkanes of at least 4 members (excludes halogenated alkanes) is 2. The highest BCUT2D eigenvalue weighted by Crippen LogP contribution is 2.19. The third kappa shape index (κ3) is 5.10. The van der Waals surface area contributed by atoms with Gasteiger partial charge in [-0.3, -0.25) is 4.79 Å². The summed E-state index contributed by atoms with van der Waals surface area (Å²) in [5.41, 5.74) is 0. The molecule has 1 heterocycles. The van der Waals surface area contributed by atoms with Crippen molar-refractivity contribution in [2.75, 3.05) is 25.4 Å². The molecule has 1 amide bonds. The monoisotopic (exact) mass is 290 g/mol. The molecule has 1 aliphatic rings. The van der Waals surface area contributed by atoms with E-state index in [1.54, 1.807) is 6.92 Å². The molecule has 1 atom stereocenters. The lowest BCUT2D eigenvalue weighted by atomic mass is 9.99. The molecule has 19 heavy (non-hydrogen) atoms. The topological polar surface area (TPSA) is 66.5 Å². The third-order valence-electron chi connectivity index (χ3n) is 3.59. The minimum absolute atomic E-state index is 0.00658. The molecule has 0 unspecified atom stereocenters. The van der Waals surface area contributed by atoms with Gasteiger partial charge < -0.3 is 5.32 Å². The largest absolute Gasteiger partial charge is 0.356 e. The number of hydrogen-bond acceptors (Lipinski definition) is 3. The number of amides is 1. The van der Waals surface area contributed by atoms with Crippen molar-refractivity contribution in [2.45, 2.75) is 46.0 Å². The average molecular weight is 290 g/mol. The molecule has 1 rings (SSSR count).